The molecule has 0 spiro atoms. The highest BCUT2D eigenvalue weighted by molar-refractivity contribution is 5.83. The van der Waals surface area contributed by atoms with Gasteiger partial charge in [-0.15, -0.1) is 6.58 Å². The Morgan fingerprint density at radius 2 is 1.95 bits per heavy atom. The standard InChI is InChI=1S/C15H25NO4/c1-2-9-20-11-13(15(18)19)16-14(17)10-12-7-5-3-4-6-8-12/h2,12-13H,1,3-11H2,(H,16,17)(H,18,19). The van der Waals surface area contributed by atoms with Crippen molar-refractivity contribution in [2.24, 2.45) is 5.92 Å². The van der Waals surface area contributed by atoms with E-state index in [0.29, 0.717) is 12.3 Å². The van der Waals surface area contributed by atoms with Gasteiger partial charge < -0.3 is 15.2 Å². The molecule has 1 atom stereocenters. The number of carbonyl (C=O) groups is 2. The second-order valence-electron chi connectivity index (χ2n) is 5.35. The molecular formula is C15H25NO4. The van der Waals surface area contributed by atoms with E-state index < -0.39 is 12.0 Å². The van der Waals surface area contributed by atoms with Crippen LogP contribution in [0.3, 0.4) is 0 Å². The molecule has 1 amide bonds. The lowest BCUT2D eigenvalue weighted by molar-refractivity contribution is -0.143. The number of nitrogens with one attached hydrogen (secondary N) is 1. The van der Waals surface area contributed by atoms with E-state index in [9.17, 15) is 9.59 Å². The van der Waals surface area contributed by atoms with Gasteiger partial charge in [0, 0.05) is 6.42 Å². The molecule has 0 aromatic heterocycles. The second kappa shape index (κ2) is 9.53. The molecule has 114 valence electrons. The highest BCUT2D eigenvalue weighted by Gasteiger charge is 2.22. The quantitative estimate of drug-likeness (QED) is 0.406. The molecule has 1 fully saturated rings. The Labute approximate surface area is 120 Å². The van der Waals surface area contributed by atoms with Crippen LogP contribution in [0.25, 0.3) is 0 Å². The van der Waals surface area contributed by atoms with Gasteiger partial charge in [0.05, 0.1) is 13.2 Å². The summed E-state index contributed by atoms with van der Waals surface area (Å²) in [5.41, 5.74) is 0. The molecule has 0 aromatic rings. The Balaban J connectivity index is 2.36. The van der Waals surface area contributed by atoms with Crippen molar-refractivity contribution < 1.29 is 19.4 Å². The number of hydrogen-bond donors (Lipinski definition) is 2. The van der Waals surface area contributed by atoms with Crippen molar-refractivity contribution in [1.29, 1.82) is 0 Å². The summed E-state index contributed by atoms with van der Waals surface area (Å²) in [6.45, 7) is 3.74. The minimum absolute atomic E-state index is 0.0300. The Kier molecular flexibility index (Phi) is 7.95. The minimum atomic E-state index is -1.07. The molecule has 0 aliphatic heterocycles. The van der Waals surface area contributed by atoms with Crippen LogP contribution >= 0.6 is 0 Å². The molecule has 1 aliphatic rings. The second-order valence-corrected chi connectivity index (χ2v) is 5.35. The zero-order chi connectivity index (χ0) is 14.8. The zero-order valence-corrected chi connectivity index (χ0v) is 12.0. The largest absolute Gasteiger partial charge is 0.480 e. The molecule has 0 saturated heterocycles. The first-order chi connectivity index (χ1) is 9.63. The maximum Gasteiger partial charge on any atom is 0.328 e. The zero-order valence-electron chi connectivity index (χ0n) is 12.0. The number of carboxylic acids is 1. The summed E-state index contributed by atoms with van der Waals surface area (Å²) in [5, 5.41) is 11.6. The van der Waals surface area contributed by atoms with Crippen molar-refractivity contribution in [3.8, 4) is 0 Å². The first-order valence-corrected chi connectivity index (χ1v) is 7.34. The highest BCUT2D eigenvalue weighted by atomic mass is 16.5. The van der Waals surface area contributed by atoms with Gasteiger partial charge >= 0.3 is 5.97 Å². The van der Waals surface area contributed by atoms with E-state index in [1.807, 2.05) is 0 Å². The summed E-state index contributed by atoms with van der Waals surface area (Å²) in [6.07, 6.45) is 8.93. The van der Waals surface area contributed by atoms with Crippen molar-refractivity contribution in [3.05, 3.63) is 12.7 Å². The predicted octanol–water partition coefficient (Wildman–Crippen LogP) is 2.12. The van der Waals surface area contributed by atoms with Gasteiger partial charge in [0.15, 0.2) is 6.04 Å². The molecule has 5 nitrogen and oxygen atoms in total. The maximum atomic E-state index is 11.9. The first kappa shape index (κ1) is 16.7. The summed E-state index contributed by atoms with van der Waals surface area (Å²) in [6, 6.07) is -0.978. The fourth-order valence-electron chi connectivity index (χ4n) is 2.53. The third-order valence-corrected chi connectivity index (χ3v) is 3.60. The molecule has 1 unspecified atom stereocenters. The van der Waals surface area contributed by atoms with Crippen molar-refractivity contribution >= 4 is 11.9 Å². The summed E-state index contributed by atoms with van der Waals surface area (Å²) in [4.78, 5) is 23.0. The monoisotopic (exact) mass is 283 g/mol. The van der Waals surface area contributed by atoms with Gasteiger partial charge in [-0.3, -0.25) is 4.79 Å². The van der Waals surface area contributed by atoms with Crippen LogP contribution in [0.4, 0.5) is 0 Å². The van der Waals surface area contributed by atoms with Crippen LogP contribution in [0, 0.1) is 5.92 Å². The maximum absolute atomic E-state index is 11.9. The van der Waals surface area contributed by atoms with Crippen LogP contribution in [0.15, 0.2) is 12.7 Å². The molecule has 2 N–H and O–H groups in total. The SMILES string of the molecule is C=CCOCC(NC(=O)CC1CCCCCC1)C(=O)O. The van der Waals surface area contributed by atoms with Gasteiger partial charge in [0.2, 0.25) is 5.91 Å². The van der Waals surface area contributed by atoms with Crippen LogP contribution in [0.2, 0.25) is 0 Å². The molecule has 0 bridgehead atoms. The Bertz CT molecular complexity index is 322. The Morgan fingerprint density at radius 3 is 2.50 bits per heavy atom. The summed E-state index contributed by atoms with van der Waals surface area (Å²) >= 11 is 0. The summed E-state index contributed by atoms with van der Waals surface area (Å²) < 4.78 is 5.10. The van der Waals surface area contributed by atoms with Gasteiger partial charge in [-0.25, -0.2) is 4.79 Å². The molecule has 5 heteroatoms. The first-order valence-electron chi connectivity index (χ1n) is 7.34. The molecule has 1 aliphatic carbocycles. The van der Waals surface area contributed by atoms with Crippen molar-refractivity contribution in [2.75, 3.05) is 13.2 Å². The molecule has 0 aromatic carbocycles. The number of carboxylic acid groups (broad SMARTS) is 1. The summed E-state index contributed by atoms with van der Waals surface area (Å²) in [5.74, 6) is -0.865. The summed E-state index contributed by atoms with van der Waals surface area (Å²) in [7, 11) is 0. The van der Waals surface area contributed by atoms with E-state index in [4.69, 9.17) is 9.84 Å². The van der Waals surface area contributed by atoms with Gasteiger partial charge in [0.1, 0.15) is 0 Å². The number of rotatable bonds is 8. The van der Waals surface area contributed by atoms with Crippen molar-refractivity contribution in [3.63, 3.8) is 0 Å². The van der Waals surface area contributed by atoms with Crippen LogP contribution < -0.4 is 5.32 Å². The van der Waals surface area contributed by atoms with Gasteiger partial charge in [-0.1, -0.05) is 31.8 Å². The third kappa shape index (κ3) is 6.70. The van der Waals surface area contributed by atoms with E-state index in [2.05, 4.69) is 11.9 Å². The Hall–Kier alpha value is -1.36. The smallest absolute Gasteiger partial charge is 0.328 e. The topological polar surface area (TPSA) is 75.6 Å². The van der Waals surface area contributed by atoms with Crippen LogP contribution in [0.5, 0.6) is 0 Å². The fraction of sp³-hybridized carbons (Fsp3) is 0.733. The van der Waals surface area contributed by atoms with Gasteiger partial charge in [-0.2, -0.15) is 0 Å². The van der Waals surface area contributed by atoms with Gasteiger partial charge in [0.25, 0.3) is 0 Å². The van der Waals surface area contributed by atoms with Crippen LogP contribution in [0.1, 0.15) is 44.9 Å². The van der Waals surface area contributed by atoms with E-state index in [1.54, 1.807) is 6.08 Å². The fourth-order valence-corrected chi connectivity index (χ4v) is 2.53. The number of carbonyl (C=O) groups excluding carboxylic acids is 1. The van der Waals surface area contributed by atoms with E-state index in [1.165, 1.54) is 25.7 Å². The molecule has 20 heavy (non-hydrogen) atoms. The predicted molar refractivity (Wildman–Crippen MR) is 76.4 cm³/mol. The van der Waals surface area contributed by atoms with Crippen LogP contribution in [-0.2, 0) is 14.3 Å². The minimum Gasteiger partial charge on any atom is -0.480 e. The number of amides is 1. The van der Waals surface area contributed by atoms with Crippen molar-refractivity contribution in [2.45, 2.75) is 51.0 Å². The normalized spacial score (nSPS) is 18.0. The van der Waals surface area contributed by atoms with Crippen LogP contribution in [-0.4, -0.2) is 36.2 Å². The van der Waals surface area contributed by atoms with E-state index in [0.717, 1.165) is 12.8 Å². The molecular weight excluding hydrogens is 258 g/mol. The lowest BCUT2D eigenvalue weighted by Gasteiger charge is -2.17. The Morgan fingerprint density at radius 1 is 1.30 bits per heavy atom. The number of hydrogen-bond acceptors (Lipinski definition) is 3. The molecule has 0 heterocycles. The molecule has 0 radical (unpaired) electrons. The number of aliphatic carboxylic acids is 1. The van der Waals surface area contributed by atoms with E-state index >= 15 is 0 Å². The average Bonchev–Trinajstić information content (AvgIpc) is 2.66. The average molecular weight is 283 g/mol. The molecule has 1 rings (SSSR count). The van der Waals surface area contributed by atoms with Gasteiger partial charge in [-0.05, 0) is 18.8 Å². The molecule has 1 saturated carbocycles. The van der Waals surface area contributed by atoms with E-state index in [-0.39, 0.29) is 19.1 Å². The highest BCUT2D eigenvalue weighted by Crippen LogP contribution is 2.25. The van der Waals surface area contributed by atoms with Crippen molar-refractivity contribution in [1.82, 2.24) is 5.32 Å². The number of ether oxygens (including phenoxy) is 1. The lowest BCUT2D eigenvalue weighted by atomic mass is 9.96. The lowest BCUT2D eigenvalue weighted by Crippen LogP contribution is -2.44. The third-order valence-electron chi connectivity index (χ3n) is 3.60.